The van der Waals surface area contributed by atoms with E-state index in [1.54, 1.807) is 5.20 Å². The Labute approximate surface area is 83.5 Å². The fourth-order valence-corrected chi connectivity index (χ4v) is 2.07. The van der Waals surface area contributed by atoms with Crippen molar-refractivity contribution in [3.8, 4) is 0 Å². The first-order chi connectivity index (χ1) is 4.11. The molecule has 0 unspecified atom stereocenters. The van der Waals surface area contributed by atoms with Crippen molar-refractivity contribution in [1.29, 1.82) is 0 Å². The van der Waals surface area contributed by atoms with Crippen LogP contribution in [0.4, 0.5) is 0 Å². The second kappa shape index (κ2) is 3.82. The molecule has 0 saturated heterocycles. The molecule has 0 aromatic heterocycles. The summed E-state index contributed by atoms with van der Waals surface area (Å²) in [6, 6.07) is 0. The topological polar surface area (TPSA) is 0 Å². The Morgan fingerprint density at radius 1 is 1.20 bits per heavy atom. The van der Waals surface area contributed by atoms with Gasteiger partial charge in [0.25, 0.3) is 0 Å². The molecule has 10 heavy (non-hydrogen) atoms. The molecule has 0 fully saturated rings. The van der Waals surface area contributed by atoms with Crippen molar-refractivity contribution < 1.29 is 26.2 Å². The maximum atomic E-state index is 2.36. The fourth-order valence-electron chi connectivity index (χ4n) is 0.874. The maximum absolute atomic E-state index is 2.36. The zero-order valence-corrected chi connectivity index (χ0v) is 10.3. The van der Waals surface area contributed by atoms with Crippen molar-refractivity contribution in [3.63, 3.8) is 0 Å². The van der Waals surface area contributed by atoms with Crippen LogP contribution in [0.25, 0.3) is 0 Å². The number of allylic oxidation sites excluding steroid dienone is 4. The van der Waals surface area contributed by atoms with Gasteiger partial charge in [0.2, 0.25) is 0 Å². The fraction of sp³-hybridized carbons (Fsp3) is 0.375. The van der Waals surface area contributed by atoms with Gasteiger partial charge in [-0.1, -0.05) is 43.1 Å². The van der Waals surface area contributed by atoms with E-state index in [0.717, 1.165) is 0 Å². The van der Waals surface area contributed by atoms with E-state index in [-0.39, 0.29) is 26.2 Å². The van der Waals surface area contributed by atoms with E-state index >= 15 is 0 Å². The molecule has 0 aromatic carbocycles. The second-order valence-corrected chi connectivity index (χ2v) is 8.50. The summed E-state index contributed by atoms with van der Waals surface area (Å²) >= 11 is 0. The molecule has 0 atom stereocenters. The minimum Gasteiger partial charge on any atom is -0.0775 e. The molecule has 0 spiro atoms. The van der Waals surface area contributed by atoms with E-state index in [9.17, 15) is 0 Å². The van der Waals surface area contributed by atoms with Crippen LogP contribution >= 0.6 is 0 Å². The molecule has 0 saturated carbocycles. The van der Waals surface area contributed by atoms with Crippen LogP contribution in [0.15, 0.2) is 23.4 Å². The van der Waals surface area contributed by atoms with Crippen LogP contribution in [0, 0.1) is 6.42 Å². The van der Waals surface area contributed by atoms with Gasteiger partial charge in [0, 0.05) is 32.6 Å². The summed E-state index contributed by atoms with van der Waals surface area (Å²) in [5.74, 6) is 0. The quantitative estimate of drug-likeness (QED) is 0.605. The van der Waals surface area contributed by atoms with E-state index < -0.39 is 8.07 Å². The molecule has 0 N–H and O–H groups in total. The van der Waals surface area contributed by atoms with Gasteiger partial charge in [0.15, 0.2) is 0 Å². The van der Waals surface area contributed by atoms with E-state index in [4.69, 9.17) is 0 Å². The molecule has 1 rings (SSSR count). The minimum absolute atomic E-state index is 0. The van der Waals surface area contributed by atoms with Gasteiger partial charge < -0.3 is 0 Å². The summed E-state index contributed by atoms with van der Waals surface area (Å²) in [6.45, 7) is 7.09. The van der Waals surface area contributed by atoms with Gasteiger partial charge in [-0.3, -0.25) is 0 Å². The summed E-state index contributed by atoms with van der Waals surface area (Å²) in [5, 5.41) is 1.56. The molecule has 0 aromatic rings. The van der Waals surface area contributed by atoms with Crippen molar-refractivity contribution in [2.24, 2.45) is 0 Å². The molecule has 0 aliphatic heterocycles. The third-order valence-corrected chi connectivity index (χ3v) is 3.59. The molecule has 0 heterocycles. The van der Waals surface area contributed by atoms with Crippen LogP contribution < -0.4 is 0 Å². The standard InChI is InChI=1S/C8H13Si.Zr/c1-9(2,3)8-6-4-5-7-8;/h4-7H,1-3H3;. The molecule has 2 heteroatoms. The zero-order valence-electron chi connectivity index (χ0n) is 6.81. The van der Waals surface area contributed by atoms with Crippen LogP contribution in [0.5, 0.6) is 0 Å². The summed E-state index contributed by atoms with van der Waals surface area (Å²) in [5.41, 5.74) is 0. The Morgan fingerprint density at radius 2 is 1.80 bits per heavy atom. The zero-order chi connectivity index (χ0) is 6.91. The number of rotatable bonds is 1. The molecular formula is C8H13SiZr. The van der Waals surface area contributed by atoms with Crippen molar-refractivity contribution in [1.82, 2.24) is 0 Å². The van der Waals surface area contributed by atoms with Gasteiger partial charge in [0.1, 0.15) is 0 Å². The Bertz CT molecular complexity index is 163. The van der Waals surface area contributed by atoms with E-state index in [0.29, 0.717) is 0 Å². The Hall–Kier alpha value is 0.580. The van der Waals surface area contributed by atoms with E-state index in [2.05, 4.69) is 44.3 Å². The van der Waals surface area contributed by atoms with Gasteiger partial charge in [-0.05, 0) is 0 Å². The molecule has 0 bridgehead atoms. The molecular weight excluding hydrogens is 215 g/mol. The molecule has 1 radical (unpaired) electrons. The van der Waals surface area contributed by atoms with Gasteiger partial charge in [-0.25, -0.2) is 0 Å². The van der Waals surface area contributed by atoms with Crippen LogP contribution in [0.1, 0.15) is 0 Å². The second-order valence-electron chi connectivity index (χ2n) is 3.42. The third kappa shape index (κ3) is 2.67. The van der Waals surface area contributed by atoms with Gasteiger partial charge in [-0.2, -0.15) is 0 Å². The number of hydrogen-bond donors (Lipinski definition) is 0. The average Bonchev–Trinajstić information content (AvgIpc) is 2.08. The first kappa shape index (κ1) is 10.6. The minimum atomic E-state index is -0.981. The Morgan fingerprint density at radius 3 is 2.00 bits per heavy atom. The largest absolute Gasteiger partial charge is 0.0775 e. The molecule has 1 aliphatic rings. The summed E-state index contributed by atoms with van der Waals surface area (Å²) in [4.78, 5) is 0. The monoisotopic (exact) mass is 227 g/mol. The summed E-state index contributed by atoms with van der Waals surface area (Å²) < 4.78 is 0. The van der Waals surface area contributed by atoms with Crippen LogP contribution in [0.2, 0.25) is 19.6 Å². The van der Waals surface area contributed by atoms with Gasteiger partial charge in [-0.15, -0.1) is 0 Å². The van der Waals surface area contributed by atoms with Crippen LogP contribution in [0.3, 0.4) is 0 Å². The van der Waals surface area contributed by atoms with Crippen molar-refractivity contribution in [2.75, 3.05) is 0 Å². The molecule has 53 valence electrons. The van der Waals surface area contributed by atoms with Crippen molar-refractivity contribution in [3.05, 3.63) is 29.8 Å². The summed E-state index contributed by atoms with van der Waals surface area (Å²) in [7, 11) is -0.981. The average molecular weight is 229 g/mol. The first-order valence-electron chi connectivity index (χ1n) is 3.33. The predicted octanol–water partition coefficient (Wildman–Crippen LogP) is 2.56. The smallest absolute Gasteiger partial charge is 0.0771 e. The van der Waals surface area contributed by atoms with Crippen LogP contribution in [-0.2, 0) is 26.2 Å². The van der Waals surface area contributed by atoms with E-state index in [1.165, 1.54) is 0 Å². The van der Waals surface area contributed by atoms with Crippen molar-refractivity contribution >= 4 is 8.07 Å². The Balaban J connectivity index is 0.000000810. The predicted molar refractivity (Wildman–Crippen MR) is 44.9 cm³/mol. The first-order valence-corrected chi connectivity index (χ1v) is 6.83. The normalized spacial score (nSPS) is 16.5. The van der Waals surface area contributed by atoms with Crippen molar-refractivity contribution in [2.45, 2.75) is 19.6 Å². The summed E-state index contributed by atoms with van der Waals surface area (Å²) in [6.07, 6.45) is 8.69. The number of hydrogen-bond acceptors (Lipinski definition) is 0. The van der Waals surface area contributed by atoms with Gasteiger partial charge >= 0.3 is 0 Å². The molecule has 0 nitrogen and oxygen atoms in total. The van der Waals surface area contributed by atoms with Gasteiger partial charge in [0.05, 0.1) is 8.07 Å². The Kier molecular flexibility index (Phi) is 4.05. The third-order valence-electron chi connectivity index (χ3n) is 1.53. The van der Waals surface area contributed by atoms with E-state index in [1.807, 2.05) is 0 Å². The SMILES string of the molecule is C[Si](C)(C)C1=C[CH]C=C1.[Zr]. The van der Waals surface area contributed by atoms with Crippen LogP contribution in [-0.4, -0.2) is 8.07 Å². The molecule has 1 aliphatic carbocycles. The maximum Gasteiger partial charge on any atom is 0.0771 e. The molecule has 0 amide bonds.